The maximum Gasteiger partial charge on any atom is 0.116 e. The molecule has 2 aromatic carbocycles. The van der Waals surface area contributed by atoms with Crippen LogP contribution < -0.4 is 11.5 Å². The highest BCUT2D eigenvalue weighted by Crippen LogP contribution is 2.21. The normalized spacial score (nSPS) is 9.63. The van der Waals surface area contributed by atoms with Gasteiger partial charge in [-0.05, 0) is 43.2 Å². The summed E-state index contributed by atoms with van der Waals surface area (Å²) in [4.78, 5) is 0. The third kappa shape index (κ3) is 4.19. The van der Waals surface area contributed by atoms with E-state index < -0.39 is 0 Å². The van der Waals surface area contributed by atoms with Crippen molar-refractivity contribution in [1.82, 2.24) is 0 Å². The van der Waals surface area contributed by atoms with Crippen molar-refractivity contribution in [3.8, 4) is 5.75 Å². The van der Waals surface area contributed by atoms with Crippen molar-refractivity contribution in [2.24, 2.45) is 0 Å². The first-order valence-electron chi connectivity index (χ1n) is 5.95. The Morgan fingerprint density at radius 3 is 1.95 bits per heavy atom. The van der Waals surface area contributed by atoms with Crippen molar-refractivity contribution in [3.05, 3.63) is 53.1 Å². The summed E-state index contributed by atoms with van der Waals surface area (Å²) in [7, 11) is 0. The molecule has 0 aliphatic carbocycles. The summed E-state index contributed by atoms with van der Waals surface area (Å²) in [5, 5.41) is 17.7. The molecule has 2 rings (SSSR count). The van der Waals surface area contributed by atoms with Gasteiger partial charge in [0, 0.05) is 16.9 Å². The molecule has 0 radical (unpaired) electrons. The molecule has 6 N–H and O–H groups in total. The summed E-state index contributed by atoms with van der Waals surface area (Å²) in [6.45, 7) is 3.77. The van der Waals surface area contributed by atoms with E-state index in [0.29, 0.717) is 5.69 Å². The lowest BCUT2D eigenvalue weighted by Gasteiger charge is -2.03. The summed E-state index contributed by atoms with van der Waals surface area (Å²) < 4.78 is 0. The average Bonchev–Trinajstić information content (AvgIpc) is 2.37. The molecule has 4 nitrogen and oxygen atoms in total. The number of hydrogen-bond donors (Lipinski definition) is 4. The monoisotopic (exact) mass is 260 g/mol. The number of nitrogen functional groups attached to an aromatic ring is 2. The van der Waals surface area contributed by atoms with Crippen LogP contribution in [0.2, 0.25) is 0 Å². The lowest BCUT2D eigenvalue weighted by atomic mass is 10.1. The Bertz CT molecular complexity index is 531. The Hall–Kier alpha value is -2.20. The number of aryl methyl sites for hydroxylation is 2. The molecule has 0 atom stereocenters. The highest BCUT2D eigenvalue weighted by atomic mass is 16.3. The fraction of sp³-hybridized carbons (Fsp3) is 0.200. The average molecular weight is 260 g/mol. The minimum atomic E-state index is 0.0205. The lowest BCUT2D eigenvalue weighted by molar-refractivity contribution is 0.282. The Balaban J connectivity index is 0.000000191. The number of aromatic hydroxyl groups is 1. The molecule has 2 aromatic rings. The fourth-order valence-corrected chi connectivity index (χ4v) is 1.63. The Kier molecular flexibility index (Phi) is 5.21. The van der Waals surface area contributed by atoms with Crippen LogP contribution in [0, 0.1) is 13.8 Å². The van der Waals surface area contributed by atoms with Gasteiger partial charge in [0.2, 0.25) is 0 Å². The van der Waals surface area contributed by atoms with E-state index in [0.717, 1.165) is 22.4 Å². The maximum absolute atomic E-state index is 9.06. The van der Waals surface area contributed by atoms with Gasteiger partial charge in [0.05, 0.1) is 6.61 Å². The summed E-state index contributed by atoms with van der Waals surface area (Å²) in [5.74, 6) is 0.282. The van der Waals surface area contributed by atoms with E-state index in [1.165, 1.54) is 0 Å². The molecule has 0 aliphatic rings. The number of anilines is 2. The molecular weight excluding hydrogens is 240 g/mol. The third-order valence-corrected chi connectivity index (χ3v) is 2.80. The number of nitrogens with two attached hydrogens (primary N) is 2. The first kappa shape index (κ1) is 14.9. The van der Waals surface area contributed by atoms with E-state index in [2.05, 4.69) is 0 Å². The van der Waals surface area contributed by atoms with Crippen LogP contribution in [0.1, 0.15) is 16.7 Å². The topological polar surface area (TPSA) is 92.5 Å². The summed E-state index contributed by atoms with van der Waals surface area (Å²) in [6.07, 6.45) is 0. The van der Waals surface area contributed by atoms with Gasteiger partial charge in [-0.25, -0.2) is 0 Å². The van der Waals surface area contributed by atoms with Crippen LogP contribution in [-0.2, 0) is 6.61 Å². The van der Waals surface area contributed by atoms with Gasteiger partial charge < -0.3 is 21.7 Å². The van der Waals surface area contributed by atoms with Crippen molar-refractivity contribution in [3.63, 3.8) is 0 Å². The first-order valence-corrected chi connectivity index (χ1v) is 5.95. The molecule has 0 saturated carbocycles. The standard InChI is InChI=1S/C8H11NO.C7H9NO/c1-5-3-7(10)4-6(2)8(5)9;8-7-4-2-1-3-6(7)5-9/h3-4,10H,9H2,1-2H3;1-4,9H,5,8H2. The molecule has 0 fully saturated rings. The van der Waals surface area contributed by atoms with E-state index in [1.807, 2.05) is 26.0 Å². The van der Waals surface area contributed by atoms with Crippen molar-refractivity contribution >= 4 is 11.4 Å². The molecule has 0 heterocycles. The number of phenols is 1. The number of para-hydroxylation sites is 1. The van der Waals surface area contributed by atoms with Crippen LogP contribution in [0.25, 0.3) is 0 Å². The molecule has 102 valence electrons. The summed E-state index contributed by atoms with van der Waals surface area (Å²) in [5.41, 5.74) is 15.2. The third-order valence-electron chi connectivity index (χ3n) is 2.80. The zero-order valence-corrected chi connectivity index (χ0v) is 11.2. The number of hydrogen-bond acceptors (Lipinski definition) is 4. The molecule has 19 heavy (non-hydrogen) atoms. The fourth-order valence-electron chi connectivity index (χ4n) is 1.63. The highest BCUT2D eigenvalue weighted by Gasteiger charge is 1.98. The predicted octanol–water partition coefficient (Wildman–Crippen LogP) is 2.35. The zero-order chi connectivity index (χ0) is 14.4. The van der Waals surface area contributed by atoms with Crippen LogP contribution >= 0.6 is 0 Å². The van der Waals surface area contributed by atoms with Gasteiger partial charge in [-0.3, -0.25) is 0 Å². The largest absolute Gasteiger partial charge is 0.508 e. The molecule has 0 unspecified atom stereocenters. The number of aliphatic hydroxyl groups is 1. The Morgan fingerprint density at radius 2 is 1.53 bits per heavy atom. The van der Waals surface area contributed by atoms with Crippen molar-refractivity contribution in [1.29, 1.82) is 0 Å². The van der Waals surface area contributed by atoms with Crippen LogP contribution in [-0.4, -0.2) is 10.2 Å². The second-order valence-corrected chi connectivity index (χ2v) is 4.35. The van der Waals surface area contributed by atoms with Crippen LogP contribution in [0.15, 0.2) is 36.4 Å². The van der Waals surface area contributed by atoms with Crippen LogP contribution in [0.4, 0.5) is 11.4 Å². The van der Waals surface area contributed by atoms with Gasteiger partial charge in [0.15, 0.2) is 0 Å². The minimum absolute atomic E-state index is 0.0205. The molecule has 0 aliphatic heterocycles. The van der Waals surface area contributed by atoms with Crippen molar-refractivity contribution in [2.75, 3.05) is 11.5 Å². The van der Waals surface area contributed by atoms with E-state index in [1.54, 1.807) is 24.3 Å². The number of phenolic OH excluding ortho intramolecular Hbond substituents is 1. The number of benzene rings is 2. The lowest BCUT2D eigenvalue weighted by Crippen LogP contribution is -1.92. The minimum Gasteiger partial charge on any atom is -0.508 e. The quantitative estimate of drug-likeness (QED) is 0.468. The van der Waals surface area contributed by atoms with Gasteiger partial charge in [-0.15, -0.1) is 0 Å². The van der Waals surface area contributed by atoms with Gasteiger partial charge in [0.1, 0.15) is 5.75 Å². The summed E-state index contributed by atoms with van der Waals surface area (Å²) in [6, 6.07) is 10.6. The van der Waals surface area contributed by atoms with Crippen LogP contribution in [0.3, 0.4) is 0 Å². The van der Waals surface area contributed by atoms with Gasteiger partial charge >= 0.3 is 0 Å². The molecular formula is C15H20N2O2. The molecule has 0 spiro atoms. The van der Waals surface area contributed by atoms with E-state index >= 15 is 0 Å². The van der Waals surface area contributed by atoms with E-state index in [4.69, 9.17) is 21.7 Å². The second-order valence-electron chi connectivity index (χ2n) is 4.35. The SMILES string of the molecule is Cc1cc(O)cc(C)c1N.Nc1ccccc1CO. The molecule has 4 heteroatoms. The van der Waals surface area contributed by atoms with Gasteiger partial charge in [-0.2, -0.15) is 0 Å². The van der Waals surface area contributed by atoms with Gasteiger partial charge in [0.25, 0.3) is 0 Å². The molecule has 0 amide bonds. The first-order chi connectivity index (χ1) is 8.95. The molecule has 0 saturated heterocycles. The predicted molar refractivity (Wildman–Crippen MR) is 78.8 cm³/mol. The number of rotatable bonds is 1. The zero-order valence-electron chi connectivity index (χ0n) is 11.2. The maximum atomic E-state index is 9.06. The Labute approximate surface area is 113 Å². The van der Waals surface area contributed by atoms with E-state index in [9.17, 15) is 0 Å². The van der Waals surface area contributed by atoms with Crippen LogP contribution in [0.5, 0.6) is 5.75 Å². The number of aliphatic hydroxyl groups excluding tert-OH is 1. The molecule has 0 aromatic heterocycles. The van der Waals surface area contributed by atoms with Crippen molar-refractivity contribution < 1.29 is 10.2 Å². The second kappa shape index (κ2) is 6.66. The molecule has 0 bridgehead atoms. The van der Waals surface area contributed by atoms with Gasteiger partial charge in [-0.1, -0.05) is 18.2 Å². The summed E-state index contributed by atoms with van der Waals surface area (Å²) >= 11 is 0. The van der Waals surface area contributed by atoms with E-state index in [-0.39, 0.29) is 12.4 Å². The van der Waals surface area contributed by atoms with Crippen molar-refractivity contribution in [2.45, 2.75) is 20.5 Å². The smallest absolute Gasteiger partial charge is 0.116 e. The Morgan fingerprint density at radius 1 is 1.00 bits per heavy atom. The highest BCUT2D eigenvalue weighted by molar-refractivity contribution is 5.55.